The van der Waals surface area contributed by atoms with Crippen molar-refractivity contribution >= 4 is 40.1 Å². The monoisotopic (exact) mass is 392 g/mol. The molecule has 29 heavy (non-hydrogen) atoms. The number of rotatable bonds is 4. The first-order valence-electron chi connectivity index (χ1n) is 9.25. The van der Waals surface area contributed by atoms with Crippen molar-refractivity contribution < 1.29 is 23.5 Å². The van der Waals surface area contributed by atoms with Gasteiger partial charge in [-0.1, -0.05) is 24.3 Å². The SMILES string of the molecule is Cc1ccc2c(CC(=O)OCC(=O)N3CC(=O)Nc4ccccc43)coc2c1C. The fraction of sp³-hybridized carbons (Fsp3) is 0.227. The number of furan rings is 1. The molecule has 0 atom stereocenters. The predicted octanol–water partition coefficient (Wildman–Crippen LogP) is 3.12. The summed E-state index contributed by atoms with van der Waals surface area (Å²) in [5.74, 6) is -1.28. The van der Waals surface area contributed by atoms with E-state index in [2.05, 4.69) is 5.32 Å². The van der Waals surface area contributed by atoms with Crippen LogP contribution in [-0.4, -0.2) is 30.9 Å². The van der Waals surface area contributed by atoms with Gasteiger partial charge in [0.2, 0.25) is 5.91 Å². The number of carbonyl (C=O) groups excluding carboxylic acids is 3. The summed E-state index contributed by atoms with van der Waals surface area (Å²) in [6.07, 6.45) is 1.55. The maximum atomic E-state index is 12.6. The molecule has 0 spiro atoms. The lowest BCUT2D eigenvalue weighted by molar-refractivity contribution is -0.147. The summed E-state index contributed by atoms with van der Waals surface area (Å²) in [5.41, 5.74) is 4.73. The zero-order valence-corrected chi connectivity index (χ0v) is 16.2. The highest BCUT2D eigenvalue weighted by Crippen LogP contribution is 2.29. The molecule has 2 aromatic carbocycles. The van der Waals surface area contributed by atoms with Crippen LogP contribution in [0.5, 0.6) is 0 Å². The maximum absolute atomic E-state index is 12.6. The van der Waals surface area contributed by atoms with Crippen molar-refractivity contribution in [3.63, 3.8) is 0 Å². The maximum Gasteiger partial charge on any atom is 0.310 e. The van der Waals surface area contributed by atoms with Crippen LogP contribution in [0.25, 0.3) is 11.0 Å². The Kier molecular flexibility index (Phi) is 4.80. The molecule has 7 nitrogen and oxygen atoms in total. The average Bonchev–Trinajstić information content (AvgIpc) is 3.11. The highest BCUT2D eigenvalue weighted by Gasteiger charge is 2.27. The lowest BCUT2D eigenvalue weighted by atomic mass is 10.0. The van der Waals surface area contributed by atoms with Gasteiger partial charge < -0.3 is 14.5 Å². The molecule has 3 aromatic rings. The minimum absolute atomic E-state index is 0.000145. The smallest absolute Gasteiger partial charge is 0.310 e. The lowest BCUT2D eigenvalue weighted by Crippen LogP contribution is -2.44. The molecule has 1 N–H and O–H groups in total. The lowest BCUT2D eigenvalue weighted by Gasteiger charge is -2.28. The number of nitrogens with zero attached hydrogens (tertiary/aromatic N) is 1. The number of amides is 2. The molecule has 2 amide bonds. The first kappa shape index (κ1) is 18.7. The largest absolute Gasteiger partial charge is 0.464 e. The van der Waals surface area contributed by atoms with Crippen molar-refractivity contribution in [2.45, 2.75) is 20.3 Å². The van der Waals surface area contributed by atoms with E-state index >= 15 is 0 Å². The van der Waals surface area contributed by atoms with Gasteiger partial charge in [-0.15, -0.1) is 0 Å². The van der Waals surface area contributed by atoms with Gasteiger partial charge in [0.05, 0.1) is 24.1 Å². The molecule has 1 aliphatic rings. The molecule has 0 radical (unpaired) electrons. The van der Waals surface area contributed by atoms with Crippen molar-refractivity contribution in [2.75, 3.05) is 23.4 Å². The van der Waals surface area contributed by atoms with Crippen LogP contribution in [0, 0.1) is 13.8 Å². The molecule has 0 saturated carbocycles. The van der Waals surface area contributed by atoms with Crippen LogP contribution >= 0.6 is 0 Å². The Balaban J connectivity index is 1.42. The first-order chi connectivity index (χ1) is 13.9. The Morgan fingerprint density at radius 2 is 1.97 bits per heavy atom. The number of esters is 1. The molecule has 0 aliphatic carbocycles. The Labute approximate surface area is 167 Å². The molecule has 0 saturated heterocycles. The summed E-state index contributed by atoms with van der Waals surface area (Å²) >= 11 is 0. The van der Waals surface area contributed by atoms with Crippen LogP contribution in [-0.2, 0) is 25.5 Å². The second-order valence-electron chi connectivity index (χ2n) is 7.03. The minimum atomic E-state index is -0.533. The number of ether oxygens (including phenoxy) is 1. The summed E-state index contributed by atoms with van der Waals surface area (Å²) in [5, 5.41) is 3.57. The second-order valence-corrected chi connectivity index (χ2v) is 7.03. The Hall–Kier alpha value is -3.61. The number of nitrogens with one attached hydrogen (secondary N) is 1. The first-order valence-corrected chi connectivity index (χ1v) is 9.25. The van der Waals surface area contributed by atoms with Gasteiger partial charge in [-0.05, 0) is 37.1 Å². The van der Waals surface area contributed by atoms with Crippen molar-refractivity contribution in [3.05, 3.63) is 59.4 Å². The van der Waals surface area contributed by atoms with E-state index in [1.54, 1.807) is 30.5 Å². The fourth-order valence-corrected chi connectivity index (χ4v) is 3.41. The number of aryl methyl sites for hydroxylation is 2. The Morgan fingerprint density at radius 3 is 2.79 bits per heavy atom. The number of anilines is 2. The number of carbonyl (C=O) groups is 3. The van der Waals surface area contributed by atoms with E-state index in [0.29, 0.717) is 16.9 Å². The number of benzene rings is 2. The molecular weight excluding hydrogens is 372 g/mol. The van der Waals surface area contributed by atoms with Gasteiger partial charge in [0, 0.05) is 10.9 Å². The van der Waals surface area contributed by atoms with Crippen LogP contribution in [0.15, 0.2) is 47.1 Å². The molecule has 0 unspecified atom stereocenters. The summed E-state index contributed by atoms with van der Waals surface area (Å²) in [6, 6.07) is 10.9. The topological polar surface area (TPSA) is 88.9 Å². The summed E-state index contributed by atoms with van der Waals surface area (Å²) in [7, 11) is 0. The Morgan fingerprint density at radius 1 is 1.17 bits per heavy atom. The standard InChI is InChI=1S/C22H20N2O5/c1-13-7-8-16-15(11-29-22(16)14(13)2)9-21(27)28-12-20(26)24-10-19(25)23-17-5-3-4-6-18(17)24/h3-8,11H,9-10,12H2,1-2H3,(H,23,25). The number of hydrogen-bond donors (Lipinski definition) is 1. The molecule has 148 valence electrons. The van der Waals surface area contributed by atoms with Gasteiger partial charge in [-0.2, -0.15) is 0 Å². The summed E-state index contributed by atoms with van der Waals surface area (Å²) < 4.78 is 10.8. The van der Waals surface area contributed by atoms with E-state index in [-0.39, 0.29) is 18.9 Å². The van der Waals surface area contributed by atoms with Crippen LogP contribution < -0.4 is 10.2 Å². The number of hydrogen-bond acceptors (Lipinski definition) is 5. The quantitative estimate of drug-likeness (QED) is 0.689. The van der Waals surface area contributed by atoms with Crippen LogP contribution in [0.2, 0.25) is 0 Å². The van der Waals surface area contributed by atoms with E-state index < -0.39 is 18.5 Å². The second kappa shape index (κ2) is 7.43. The molecule has 1 aromatic heterocycles. The van der Waals surface area contributed by atoms with Crippen molar-refractivity contribution in [2.24, 2.45) is 0 Å². The van der Waals surface area contributed by atoms with Gasteiger partial charge in [0.25, 0.3) is 5.91 Å². The third kappa shape index (κ3) is 3.59. The zero-order valence-electron chi connectivity index (χ0n) is 16.2. The molecule has 7 heteroatoms. The van der Waals surface area contributed by atoms with Crippen molar-refractivity contribution in [1.82, 2.24) is 0 Å². The van der Waals surface area contributed by atoms with Gasteiger partial charge in [-0.25, -0.2) is 0 Å². The highest BCUT2D eigenvalue weighted by molar-refractivity contribution is 6.10. The van der Waals surface area contributed by atoms with Gasteiger partial charge in [-0.3, -0.25) is 19.3 Å². The van der Waals surface area contributed by atoms with Crippen LogP contribution in [0.4, 0.5) is 11.4 Å². The molecule has 4 rings (SSSR count). The molecule has 1 aliphatic heterocycles. The molecular formula is C22H20N2O5. The fourth-order valence-electron chi connectivity index (χ4n) is 3.41. The highest BCUT2D eigenvalue weighted by atomic mass is 16.5. The van der Waals surface area contributed by atoms with Gasteiger partial charge in [0.15, 0.2) is 6.61 Å². The van der Waals surface area contributed by atoms with Crippen LogP contribution in [0.3, 0.4) is 0 Å². The van der Waals surface area contributed by atoms with Crippen LogP contribution in [0.1, 0.15) is 16.7 Å². The molecule has 0 bridgehead atoms. The zero-order chi connectivity index (χ0) is 20.5. The van der Waals surface area contributed by atoms with E-state index in [1.807, 2.05) is 26.0 Å². The number of para-hydroxylation sites is 2. The third-order valence-electron chi connectivity index (χ3n) is 5.10. The minimum Gasteiger partial charge on any atom is -0.464 e. The number of fused-ring (bicyclic) bond motifs is 2. The van der Waals surface area contributed by atoms with E-state index in [9.17, 15) is 14.4 Å². The Bertz CT molecular complexity index is 1130. The van der Waals surface area contributed by atoms with E-state index in [0.717, 1.165) is 22.1 Å². The van der Waals surface area contributed by atoms with Gasteiger partial charge in [0.1, 0.15) is 12.1 Å². The third-order valence-corrected chi connectivity index (χ3v) is 5.10. The normalized spacial score (nSPS) is 13.2. The summed E-state index contributed by atoms with van der Waals surface area (Å²) in [6.45, 7) is 3.41. The molecule has 2 heterocycles. The average molecular weight is 392 g/mol. The van der Waals surface area contributed by atoms with Crippen molar-refractivity contribution in [3.8, 4) is 0 Å². The van der Waals surface area contributed by atoms with E-state index in [4.69, 9.17) is 9.15 Å². The van der Waals surface area contributed by atoms with Gasteiger partial charge >= 0.3 is 5.97 Å². The predicted molar refractivity (Wildman–Crippen MR) is 108 cm³/mol. The molecule has 0 fully saturated rings. The summed E-state index contributed by atoms with van der Waals surface area (Å²) in [4.78, 5) is 38.0. The van der Waals surface area contributed by atoms with E-state index in [1.165, 1.54) is 4.90 Å². The van der Waals surface area contributed by atoms with Crippen molar-refractivity contribution in [1.29, 1.82) is 0 Å².